The van der Waals surface area contributed by atoms with Crippen molar-refractivity contribution in [3.05, 3.63) is 39.9 Å². The predicted molar refractivity (Wildman–Crippen MR) is 93.0 cm³/mol. The third kappa shape index (κ3) is 5.51. The van der Waals surface area contributed by atoms with Crippen molar-refractivity contribution in [2.75, 3.05) is 19.7 Å². The average Bonchev–Trinajstić information content (AvgIpc) is 2.50. The number of carbonyl (C=O) groups excluding carboxylic acids is 2. The summed E-state index contributed by atoms with van der Waals surface area (Å²) in [4.78, 5) is 25.5. The molecule has 1 aliphatic rings. The van der Waals surface area contributed by atoms with Crippen LogP contribution >= 0.6 is 23.2 Å². The minimum absolute atomic E-state index is 0.0275. The van der Waals surface area contributed by atoms with Crippen molar-refractivity contribution in [3.8, 4) is 0 Å². The number of nitrogens with zero attached hydrogens (tertiary/aromatic N) is 1. The highest BCUT2D eigenvalue weighted by Gasteiger charge is 2.26. The van der Waals surface area contributed by atoms with Gasteiger partial charge in [0.1, 0.15) is 0 Å². The maximum atomic E-state index is 12.1. The van der Waals surface area contributed by atoms with Gasteiger partial charge in [0.05, 0.1) is 12.2 Å². The van der Waals surface area contributed by atoms with Crippen molar-refractivity contribution >= 4 is 41.2 Å². The second kappa shape index (κ2) is 8.51. The summed E-state index contributed by atoms with van der Waals surface area (Å²) in [6.45, 7) is 4.51. The Hall–Kier alpha value is -1.56. The van der Waals surface area contributed by atoms with E-state index in [0.717, 1.165) is 0 Å². The first-order valence-electron chi connectivity index (χ1n) is 7.58. The lowest BCUT2D eigenvalue weighted by Gasteiger charge is -2.35. The number of carbonyl (C=O) groups is 2. The van der Waals surface area contributed by atoms with Crippen molar-refractivity contribution in [3.63, 3.8) is 0 Å². The number of rotatable bonds is 4. The van der Waals surface area contributed by atoms with Crippen LogP contribution in [0.15, 0.2) is 24.3 Å². The van der Waals surface area contributed by atoms with Gasteiger partial charge in [0.15, 0.2) is 6.61 Å². The van der Waals surface area contributed by atoms with Gasteiger partial charge in [0, 0.05) is 29.2 Å². The fraction of sp³-hybridized carbons (Fsp3) is 0.412. The van der Waals surface area contributed by atoms with E-state index in [0.29, 0.717) is 28.7 Å². The van der Waals surface area contributed by atoms with E-state index in [9.17, 15) is 9.59 Å². The van der Waals surface area contributed by atoms with Crippen LogP contribution in [0.5, 0.6) is 0 Å². The Labute approximate surface area is 151 Å². The molecule has 0 aliphatic carbocycles. The molecule has 1 aromatic rings. The van der Waals surface area contributed by atoms with Crippen molar-refractivity contribution in [1.82, 2.24) is 4.90 Å². The lowest BCUT2D eigenvalue weighted by Crippen LogP contribution is -2.49. The Morgan fingerprint density at radius 3 is 2.58 bits per heavy atom. The Morgan fingerprint density at radius 1 is 1.29 bits per heavy atom. The van der Waals surface area contributed by atoms with Crippen molar-refractivity contribution < 1.29 is 19.1 Å². The summed E-state index contributed by atoms with van der Waals surface area (Å²) in [6.07, 6.45) is 2.69. The monoisotopic (exact) mass is 371 g/mol. The van der Waals surface area contributed by atoms with Crippen LogP contribution in [0.4, 0.5) is 0 Å². The molecule has 7 heteroatoms. The number of amides is 1. The summed E-state index contributed by atoms with van der Waals surface area (Å²) in [5.74, 6) is -0.841. The highest BCUT2D eigenvalue weighted by Crippen LogP contribution is 2.22. The highest BCUT2D eigenvalue weighted by atomic mass is 35.5. The van der Waals surface area contributed by atoms with Gasteiger partial charge in [-0.05, 0) is 37.6 Å². The van der Waals surface area contributed by atoms with Crippen LogP contribution in [-0.2, 0) is 19.1 Å². The molecule has 0 saturated carbocycles. The van der Waals surface area contributed by atoms with Gasteiger partial charge in [-0.1, -0.05) is 29.3 Å². The van der Waals surface area contributed by atoms with E-state index >= 15 is 0 Å². The standard InChI is InChI=1S/C17H19Cl2NO4/c1-11-8-20(9-12(2)24-11)16(21)10-23-17(22)6-4-13-3-5-14(18)7-15(13)19/h3-7,11-12H,8-10H2,1-2H3/b6-4+/t11-,12-/m0/s1. The number of ether oxygens (including phenoxy) is 2. The molecule has 5 nitrogen and oxygen atoms in total. The second-order valence-electron chi connectivity index (χ2n) is 5.66. The smallest absolute Gasteiger partial charge is 0.331 e. The molecule has 24 heavy (non-hydrogen) atoms. The first-order valence-corrected chi connectivity index (χ1v) is 8.34. The number of hydrogen-bond acceptors (Lipinski definition) is 4. The number of morpholine rings is 1. The average molecular weight is 372 g/mol. The van der Waals surface area contributed by atoms with E-state index in [1.807, 2.05) is 13.8 Å². The molecule has 1 fully saturated rings. The Morgan fingerprint density at radius 2 is 1.96 bits per heavy atom. The molecule has 0 spiro atoms. The summed E-state index contributed by atoms with van der Waals surface area (Å²) in [5, 5.41) is 0.943. The van der Waals surface area contributed by atoms with Crippen LogP contribution in [0, 0.1) is 0 Å². The maximum Gasteiger partial charge on any atom is 0.331 e. The zero-order chi connectivity index (χ0) is 17.7. The molecule has 1 aromatic carbocycles. The fourth-order valence-corrected chi connectivity index (χ4v) is 2.92. The minimum atomic E-state index is -0.608. The van der Waals surface area contributed by atoms with E-state index in [4.69, 9.17) is 32.7 Å². The molecule has 0 aromatic heterocycles. The van der Waals surface area contributed by atoms with Crippen LogP contribution in [-0.4, -0.2) is 48.7 Å². The van der Waals surface area contributed by atoms with Crippen LogP contribution in [0.3, 0.4) is 0 Å². The zero-order valence-corrected chi connectivity index (χ0v) is 15.0. The Bertz CT molecular complexity index is 637. The quantitative estimate of drug-likeness (QED) is 0.602. The maximum absolute atomic E-state index is 12.1. The third-order valence-corrected chi connectivity index (χ3v) is 4.03. The zero-order valence-electron chi connectivity index (χ0n) is 13.5. The van der Waals surface area contributed by atoms with Crippen LogP contribution in [0.1, 0.15) is 19.4 Å². The number of halogens is 2. The Kier molecular flexibility index (Phi) is 6.66. The predicted octanol–water partition coefficient (Wildman–Crippen LogP) is 3.19. The summed E-state index contributed by atoms with van der Waals surface area (Å²) in [6, 6.07) is 4.94. The SMILES string of the molecule is C[C@H]1CN(C(=O)COC(=O)/C=C/c2ccc(Cl)cc2Cl)C[C@H](C)O1. The molecule has 1 heterocycles. The van der Waals surface area contributed by atoms with Gasteiger partial charge < -0.3 is 14.4 Å². The normalized spacial score (nSPS) is 21.1. The molecule has 0 N–H and O–H groups in total. The summed E-state index contributed by atoms with van der Waals surface area (Å²) in [7, 11) is 0. The van der Waals surface area contributed by atoms with Crippen molar-refractivity contribution in [1.29, 1.82) is 0 Å². The molecular weight excluding hydrogens is 353 g/mol. The number of hydrogen-bond donors (Lipinski definition) is 0. The molecular formula is C17H19Cl2NO4. The van der Waals surface area contributed by atoms with Crippen LogP contribution in [0.2, 0.25) is 10.0 Å². The van der Waals surface area contributed by atoms with E-state index in [-0.39, 0.29) is 24.7 Å². The summed E-state index contributed by atoms with van der Waals surface area (Å²) in [5.41, 5.74) is 0.639. The Balaban J connectivity index is 1.84. The van der Waals surface area contributed by atoms with Gasteiger partial charge in [-0.25, -0.2) is 4.79 Å². The molecule has 0 unspecified atom stereocenters. The molecule has 0 radical (unpaired) electrons. The largest absolute Gasteiger partial charge is 0.452 e. The molecule has 130 valence electrons. The van der Waals surface area contributed by atoms with Crippen molar-refractivity contribution in [2.24, 2.45) is 0 Å². The minimum Gasteiger partial charge on any atom is -0.452 e. The molecule has 2 atom stereocenters. The first-order chi connectivity index (χ1) is 11.3. The topological polar surface area (TPSA) is 55.8 Å². The second-order valence-corrected chi connectivity index (χ2v) is 6.51. The molecule has 1 amide bonds. The number of esters is 1. The van der Waals surface area contributed by atoms with Gasteiger partial charge in [0.25, 0.3) is 5.91 Å². The molecule has 1 saturated heterocycles. The third-order valence-electron chi connectivity index (χ3n) is 3.47. The molecule has 1 aliphatic heterocycles. The van der Waals surface area contributed by atoms with E-state index < -0.39 is 5.97 Å². The first kappa shape index (κ1) is 18.8. The highest BCUT2D eigenvalue weighted by molar-refractivity contribution is 6.35. The number of benzene rings is 1. The van der Waals surface area contributed by atoms with E-state index in [2.05, 4.69) is 0 Å². The van der Waals surface area contributed by atoms with Gasteiger partial charge in [-0.15, -0.1) is 0 Å². The van der Waals surface area contributed by atoms with Crippen LogP contribution in [0.25, 0.3) is 6.08 Å². The van der Waals surface area contributed by atoms with Crippen LogP contribution < -0.4 is 0 Å². The van der Waals surface area contributed by atoms with Gasteiger partial charge >= 0.3 is 5.97 Å². The summed E-state index contributed by atoms with van der Waals surface area (Å²) < 4.78 is 10.6. The lowest BCUT2D eigenvalue weighted by atomic mass is 10.2. The summed E-state index contributed by atoms with van der Waals surface area (Å²) >= 11 is 11.8. The van der Waals surface area contributed by atoms with Crippen molar-refractivity contribution in [2.45, 2.75) is 26.1 Å². The van der Waals surface area contributed by atoms with Gasteiger partial charge in [0.2, 0.25) is 0 Å². The molecule has 0 bridgehead atoms. The van der Waals surface area contributed by atoms with Gasteiger partial charge in [-0.3, -0.25) is 4.79 Å². The van der Waals surface area contributed by atoms with E-state index in [1.54, 1.807) is 23.1 Å². The fourth-order valence-electron chi connectivity index (χ4n) is 2.45. The molecule has 2 rings (SSSR count). The van der Waals surface area contributed by atoms with Gasteiger partial charge in [-0.2, -0.15) is 0 Å². The van der Waals surface area contributed by atoms with E-state index in [1.165, 1.54) is 12.2 Å². The lowest BCUT2D eigenvalue weighted by molar-refractivity contribution is -0.154.